The van der Waals surface area contributed by atoms with Gasteiger partial charge in [0, 0.05) is 18.0 Å². The first-order chi connectivity index (χ1) is 12.5. The SMILES string of the molecule is COc1cc(/C=N/NC(=O)c2cc3ccccc3n2C)cc(Br)c1OC. The van der Waals surface area contributed by atoms with Crippen molar-refractivity contribution >= 4 is 39.0 Å². The van der Waals surface area contributed by atoms with Gasteiger partial charge in [0.2, 0.25) is 0 Å². The van der Waals surface area contributed by atoms with Gasteiger partial charge in [0.15, 0.2) is 11.5 Å². The van der Waals surface area contributed by atoms with Crippen molar-refractivity contribution in [2.45, 2.75) is 0 Å². The Balaban J connectivity index is 1.78. The van der Waals surface area contributed by atoms with E-state index in [-0.39, 0.29) is 5.91 Å². The molecule has 0 atom stereocenters. The number of ether oxygens (including phenoxy) is 2. The summed E-state index contributed by atoms with van der Waals surface area (Å²) in [6, 6.07) is 13.3. The van der Waals surface area contributed by atoms with Crippen molar-refractivity contribution in [1.29, 1.82) is 0 Å². The van der Waals surface area contributed by atoms with E-state index >= 15 is 0 Å². The summed E-state index contributed by atoms with van der Waals surface area (Å²) in [6.07, 6.45) is 1.55. The quantitative estimate of drug-likeness (QED) is 0.509. The second kappa shape index (κ2) is 7.61. The number of para-hydroxylation sites is 1. The second-order valence-corrected chi connectivity index (χ2v) is 6.44. The van der Waals surface area contributed by atoms with Crippen LogP contribution in [0, 0.1) is 0 Å². The lowest BCUT2D eigenvalue weighted by molar-refractivity contribution is 0.0947. The van der Waals surface area contributed by atoms with Crippen LogP contribution in [0.25, 0.3) is 10.9 Å². The van der Waals surface area contributed by atoms with Crippen molar-refractivity contribution in [2.24, 2.45) is 12.1 Å². The van der Waals surface area contributed by atoms with E-state index in [9.17, 15) is 4.79 Å². The number of rotatable bonds is 5. The number of carbonyl (C=O) groups is 1. The summed E-state index contributed by atoms with van der Waals surface area (Å²) in [5, 5.41) is 5.05. The average Bonchev–Trinajstić information content (AvgIpc) is 2.98. The van der Waals surface area contributed by atoms with Gasteiger partial charge in [-0.05, 0) is 45.8 Å². The smallest absolute Gasteiger partial charge is 0.287 e. The van der Waals surface area contributed by atoms with Crippen LogP contribution in [-0.2, 0) is 7.05 Å². The normalized spacial score (nSPS) is 11.1. The van der Waals surface area contributed by atoms with E-state index < -0.39 is 0 Å². The molecule has 0 radical (unpaired) electrons. The molecule has 0 aliphatic rings. The van der Waals surface area contributed by atoms with E-state index in [0.717, 1.165) is 20.9 Å². The fourth-order valence-corrected chi connectivity index (χ4v) is 3.36. The zero-order chi connectivity index (χ0) is 18.7. The molecule has 0 aliphatic carbocycles. The number of hydrogen-bond donors (Lipinski definition) is 1. The number of fused-ring (bicyclic) bond motifs is 1. The third-order valence-electron chi connectivity index (χ3n) is 4.02. The highest BCUT2D eigenvalue weighted by Gasteiger charge is 2.13. The first kappa shape index (κ1) is 18.0. The molecule has 0 unspecified atom stereocenters. The van der Waals surface area contributed by atoms with Crippen LogP contribution in [0.15, 0.2) is 52.0 Å². The zero-order valence-electron chi connectivity index (χ0n) is 14.6. The van der Waals surface area contributed by atoms with E-state index in [4.69, 9.17) is 9.47 Å². The fraction of sp³-hybridized carbons (Fsp3) is 0.158. The van der Waals surface area contributed by atoms with Gasteiger partial charge in [-0.2, -0.15) is 5.10 Å². The average molecular weight is 416 g/mol. The number of hydrazone groups is 1. The Bertz CT molecular complexity index is 995. The monoisotopic (exact) mass is 415 g/mol. The van der Waals surface area contributed by atoms with Crippen molar-refractivity contribution in [3.8, 4) is 11.5 Å². The number of halogens is 1. The van der Waals surface area contributed by atoms with Crippen molar-refractivity contribution in [2.75, 3.05) is 14.2 Å². The molecular weight excluding hydrogens is 398 g/mol. The van der Waals surface area contributed by atoms with E-state index in [1.54, 1.807) is 26.5 Å². The molecule has 1 N–H and O–H groups in total. The minimum atomic E-state index is -0.278. The molecule has 26 heavy (non-hydrogen) atoms. The van der Waals surface area contributed by atoms with Gasteiger partial charge < -0.3 is 14.0 Å². The molecule has 0 saturated heterocycles. The maximum Gasteiger partial charge on any atom is 0.287 e. The molecule has 1 aromatic heterocycles. The summed E-state index contributed by atoms with van der Waals surface area (Å²) in [4.78, 5) is 12.4. The molecule has 0 bridgehead atoms. The Morgan fingerprint density at radius 1 is 1.19 bits per heavy atom. The number of nitrogens with one attached hydrogen (secondary N) is 1. The van der Waals surface area contributed by atoms with E-state index in [1.807, 2.05) is 48.0 Å². The molecule has 134 valence electrons. The van der Waals surface area contributed by atoms with Crippen LogP contribution in [-0.4, -0.2) is 30.9 Å². The second-order valence-electron chi connectivity index (χ2n) is 5.58. The predicted octanol–water partition coefficient (Wildman–Crippen LogP) is 3.72. The number of nitrogens with zero attached hydrogens (tertiary/aromatic N) is 2. The summed E-state index contributed by atoms with van der Waals surface area (Å²) in [6.45, 7) is 0. The van der Waals surface area contributed by atoms with Crippen LogP contribution >= 0.6 is 15.9 Å². The van der Waals surface area contributed by atoms with Crippen LogP contribution in [0.3, 0.4) is 0 Å². The van der Waals surface area contributed by atoms with Crippen LogP contribution in [0.5, 0.6) is 11.5 Å². The number of amides is 1. The minimum Gasteiger partial charge on any atom is -0.493 e. The van der Waals surface area contributed by atoms with Gasteiger partial charge in [-0.3, -0.25) is 4.79 Å². The van der Waals surface area contributed by atoms with Crippen LogP contribution in [0.2, 0.25) is 0 Å². The molecule has 0 saturated carbocycles. The molecule has 7 heteroatoms. The molecule has 1 heterocycles. The highest BCUT2D eigenvalue weighted by atomic mass is 79.9. The predicted molar refractivity (Wildman–Crippen MR) is 105 cm³/mol. The van der Waals surface area contributed by atoms with E-state index in [0.29, 0.717) is 17.2 Å². The van der Waals surface area contributed by atoms with Gasteiger partial charge in [-0.15, -0.1) is 0 Å². The molecule has 0 fully saturated rings. The van der Waals surface area contributed by atoms with Crippen molar-refractivity contribution in [3.63, 3.8) is 0 Å². The number of carbonyl (C=O) groups excluding carboxylic acids is 1. The Kier molecular flexibility index (Phi) is 5.27. The summed E-state index contributed by atoms with van der Waals surface area (Å²) in [7, 11) is 4.99. The largest absolute Gasteiger partial charge is 0.493 e. The Morgan fingerprint density at radius 2 is 1.96 bits per heavy atom. The Labute approximate surface area is 159 Å². The lowest BCUT2D eigenvalue weighted by Gasteiger charge is -2.10. The van der Waals surface area contributed by atoms with E-state index in [2.05, 4.69) is 26.5 Å². The van der Waals surface area contributed by atoms with Crippen LogP contribution < -0.4 is 14.9 Å². The maximum atomic E-state index is 12.4. The standard InChI is InChI=1S/C19H18BrN3O3/c1-23-15-7-5-4-6-13(15)10-16(23)19(24)22-21-11-12-8-14(20)18(26-3)17(9-12)25-2/h4-11H,1-3H3,(H,22,24)/b21-11+. The van der Waals surface area contributed by atoms with Gasteiger partial charge in [0.05, 0.1) is 24.9 Å². The third kappa shape index (κ3) is 3.43. The van der Waals surface area contributed by atoms with Gasteiger partial charge in [0.1, 0.15) is 5.69 Å². The van der Waals surface area contributed by atoms with Crippen molar-refractivity contribution in [1.82, 2.24) is 9.99 Å². The van der Waals surface area contributed by atoms with Gasteiger partial charge in [-0.1, -0.05) is 18.2 Å². The zero-order valence-corrected chi connectivity index (χ0v) is 16.2. The maximum absolute atomic E-state index is 12.4. The molecule has 6 nitrogen and oxygen atoms in total. The molecule has 2 aromatic carbocycles. The lowest BCUT2D eigenvalue weighted by Crippen LogP contribution is -2.20. The molecular formula is C19H18BrN3O3. The van der Waals surface area contributed by atoms with Crippen molar-refractivity contribution in [3.05, 3.63) is 58.2 Å². The molecule has 3 aromatic rings. The lowest BCUT2D eigenvalue weighted by atomic mass is 10.2. The number of methoxy groups -OCH3 is 2. The highest BCUT2D eigenvalue weighted by molar-refractivity contribution is 9.10. The van der Waals surface area contributed by atoms with E-state index in [1.165, 1.54) is 0 Å². The summed E-state index contributed by atoms with van der Waals surface area (Å²) in [5.74, 6) is 0.895. The Hall–Kier alpha value is -2.80. The van der Waals surface area contributed by atoms with Gasteiger partial charge in [0.25, 0.3) is 5.91 Å². The van der Waals surface area contributed by atoms with Crippen LogP contribution in [0.1, 0.15) is 16.1 Å². The number of benzene rings is 2. The minimum absolute atomic E-state index is 0.278. The first-order valence-corrected chi connectivity index (χ1v) is 8.64. The molecule has 0 spiro atoms. The molecule has 3 rings (SSSR count). The van der Waals surface area contributed by atoms with Gasteiger partial charge in [-0.25, -0.2) is 5.43 Å². The first-order valence-electron chi connectivity index (χ1n) is 7.84. The van der Waals surface area contributed by atoms with Crippen molar-refractivity contribution < 1.29 is 14.3 Å². The summed E-state index contributed by atoms with van der Waals surface area (Å²) in [5.41, 5.74) is 4.84. The number of aryl methyl sites for hydroxylation is 1. The highest BCUT2D eigenvalue weighted by Crippen LogP contribution is 2.35. The van der Waals surface area contributed by atoms with Gasteiger partial charge >= 0.3 is 0 Å². The fourth-order valence-electron chi connectivity index (χ4n) is 2.74. The molecule has 0 aliphatic heterocycles. The van der Waals surface area contributed by atoms with Crippen LogP contribution in [0.4, 0.5) is 0 Å². The Morgan fingerprint density at radius 3 is 2.65 bits per heavy atom. The summed E-state index contributed by atoms with van der Waals surface area (Å²) < 4.78 is 13.1. The number of aromatic nitrogens is 1. The molecule has 1 amide bonds. The third-order valence-corrected chi connectivity index (χ3v) is 4.61. The number of hydrogen-bond acceptors (Lipinski definition) is 4. The summed E-state index contributed by atoms with van der Waals surface area (Å²) >= 11 is 3.43. The topological polar surface area (TPSA) is 64.8 Å².